The molecule has 0 radical (unpaired) electrons. The quantitative estimate of drug-likeness (QED) is 0.821. The summed E-state index contributed by atoms with van der Waals surface area (Å²) in [5.74, 6) is -0.531. The molecule has 0 aromatic heterocycles. The van der Waals surface area contributed by atoms with Crippen LogP contribution < -0.4 is 4.90 Å². The Kier molecular flexibility index (Phi) is 5.74. The fourth-order valence-electron chi connectivity index (χ4n) is 2.49. The van der Waals surface area contributed by atoms with Crippen LogP contribution in [0.4, 0.5) is 10.1 Å². The maximum absolute atomic E-state index is 14.4. The molecule has 0 saturated carbocycles. The molecule has 1 aromatic rings. The van der Waals surface area contributed by atoms with Crippen molar-refractivity contribution in [3.05, 3.63) is 29.6 Å². The Morgan fingerprint density at radius 1 is 1.32 bits per heavy atom. The van der Waals surface area contributed by atoms with E-state index in [1.807, 2.05) is 4.90 Å². The van der Waals surface area contributed by atoms with Gasteiger partial charge in [0.05, 0.1) is 12.3 Å². The first-order valence-electron chi connectivity index (χ1n) is 7.50. The SMILES string of the molecule is COCCN(C)C(=O)c1ccc(N2CCN(C)CC2)c(F)c1. The molecule has 0 N–H and O–H groups in total. The average Bonchev–Trinajstić information content (AvgIpc) is 2.52. The molecule has 1 aromatic carbocycles. The van der Waals surface area contributed by atoms with Gasteiger partial charge in [0.2, 0.25) is 0 Å². The van der Waals surface area contributed by atoms with Crippen molar-refractivity contribution in [2.24, 2.45) is 0 Å². The number of amides is 1. The zero-order chi connectivity index (χ0) is 16.1. The van der Waals surface area contributed by atoms with Gasteiger partial charge in [0.25, 0.3) is 5.91 Å². The van der Waals surface area contributed by atoms with Crippen LogP contribution >= 0.6 is 0 Å². The van der Waals surface area contributed by atoms with Crippen LogP contribution in [0.2, 0.25) is 0 Å². The lowest BCUT2D eigenvalue weighted by Gasteiger charge is -2.34. The molecular formula is C16H24FN3O2. The molecule has 1 aliphatic heterocycles. The van der Waals surface area contributed by atoms with Crippen molar-refractivity contribution >= 4 is 11.6 Å². The van der Waals surface area contributed by atoms with E-state index in [0.29, 0.717) is 24.4 Å². The summed E-state index contributed by atoms with van der Waals surface area (Å²) >= 11 is 0. The van der Waals surface area contributed by atoms with E-state index in [-0.39, 0.29) is 11.7 Å². The number of methoxy groups -OCH3 is 1. The number of carbonyl (C=O) groups excluding carboxylic acids is 1. The summed E-state index contributed by atoms with van der Waals surface area (Å²) < 4.78 is 19.3. The van der Waals surface area contributed by atoms with Crippen molar-refractivity contribution in [1.29, 1.82) is 0 Å². The van der Waals surface area contributed by atoms with Gasteiger partial charge in [-0.1, -0.05) is 0 Å². The lowest BCUT2D eigenvalue weighted by molar-refractivity contribution is 0.0744. The number of ether oxygens (including phenoxy) is 1. The van der Waals surface area contributed by atoms with Gasteiger partial charge < -0.3 is 19.4 Å². The van der Waals surface area contributed by atoms with Crippen LogP contribution in [-0.4, -0.2) is 76.2 Å². The normalized spacial score (nSPS) is 15.9. The third kappa shape index (κ3) is 3.96. The van der Waals surface area contributed by atoms with Gasteiger partial charge >= 0.3 is 0 Å². The van der Waals surface area contributed by atoms with Crippen molar-refractivity contribution in [1.82, 2.24) is 9.80 Å². The number of nitrogens with zero attached hydrogens (tertiary/aromatic N) is 3. The molecule has 1 fully saturated rings. The van der Waals surface area contributed by atoms with Gasteiger partial charge in [-0.15, -0.1) is 0 Å². The van der Waals surface area contributed by atoms with Crippen molar-refractivity contribution in [2.45, 2.75) is 0 Å². The van der Waals surface area contributed by atoms with E-state index in [9.17, 15) is 9.18 Å². The molecule has 1 amide bonds. The molecule has 1 saturated heterocycles. The Bertz CT molecular complexity index is 516. The number of benzene rings is 1. The third-order valence-electron chi connectivity index (χ3n) is 4.02. The summed E-state index contributed by atoms with van der Waals surface area (Å²) in [5, 5.41) is 0. The molecule has 0 spiro atoms. The van der Waals surface area contributed by atoms with E-state index in [0.717, 1.165) is 26.2 Å². The summed E-state index contributed by atoms with van der Waals surface area (Å²) in [6.07, 6.45) is 0. The summed E-state index contributed by atoms with van der Waals surface area (Å²) in [6, 6.07) is 4.74. The average molecular weight is 309 g/mol. The number of likely N-dealkylation sites (N-methyl/N-ethyl adjacent to an activating group) is 2. The highest BCUT2D eigenvalue weighted by atomic mass is 19.1. The van der Waals surface area contributed by atoms with E-state index in [2.05, 4.69) is 11.9 Å². The van der Waals surface area contributed by atoms with E-state index in [4.69, 9.17) is 4.74 Å². The van der Waals surface area contributed by atoms with Gasteiger partial charge in [0.15, 0.2) is 0 Å². The van der Waals surface area contributed by atoms with Crippen LogP contribution in [0.5, 0.6) is 0 Å². The van der Waals surface area contributed by atoms with Crippen LogP contribution in [0.15, 0.2) is 18.2 Å². The molecule has 122 valence electrons. The Hall–Kier alpha value is -1.66. The molecule has 6 heteroatoms. The molecule has 0 unspecified atom stereocenters. The highest BCUT2D eigenvalue weighted by molar-refractivity contribution is 5.94. The first kappa shape index (κ1) is 16.7. The standard InChI is InChI=1S/C16H24FN3O2/c1-18-6-8-20(9-7-18)15-5-4-13(12-14(15)17)16(21)19(2)10-11-22-3/h4-5,12H,6-11H2,1-3H3. The summed E-state index contributed by atoms with van der Waals surface area (Å²) in [5.41, 5.74) is 0.943. The second kappa shape index (κ2) is 7.56. The number of rotatable bonds is 5. The van der Waals surface area contributed by atoms with Crippen LogP contribution in [0, 0.1) is 5.82 Å². The molecule has 2 rings (SSSR count). The Morgan fingerprint density at radius 3 is 2.59 bits per heavy atom. The molecule has 22 heavy (non-hydrogen) atoms. The van der Waals surface area contributed by atoms with Crippen molar-refractivity contribution in [3.63, 3.8) is 0 Å². The molecule has 0 aliphatic carbocycles. The molecule has 1 heterocycles. The van der Waals surface area contributed by atoms with Gasteiger partial charge in [-0.05, 0) is 25.2 Å². The second-order valence-corrected chi connectivity index (χ2v) is 5.68. The van der Waals surface area contributed by atoms with Gasteiger partial charge in [-0.3, -0.25) is 4.79 Å². The predicted octanol–water partition coefficient (Wildman–Crippen LogP) is 1.30. The summed E-state index contributed by atoms with van der Waals surface area (Å²) in [4.78, 5) is 18.0. The van der Waals surface area contributed by atoms with Crippen molar-refractivity contribution in [2.75, 3.05) is 65.4 Å². The predicted molar refractivity (Wildman–Crippen MR) is 84.9 cm³/mol. The second-order valence-electron chi connectivity index (χ2n) is 5.68. The Labute approximate surface area is 131 Å². The molecule has 1 aliphatic rings. The van der Waals surface area contributed by atoms with Gasteiger partial charge in [-0.2, -0.15) is 0 Å². The molecule has 0 atom stereocenters. The number of hydrogen-bond acceptors (Lipinski definition) is 4. The molecule has 5 nitrogen and oxygen atoms in total. The Balaban J connectivity index is 2.07. The van der Waals surface area contributed by atoms with Crippen molar-refractivity contribution in [3.8, 4) is 0 Å². The Morgan fingerprint density at radius 2 is 2.00 bits per heavy atom. The van der Waals surface area contributed by atoms with E-state index < -0.39 is 0 Å². The maximum atomic E-state index is 14.4. The number of carbonyl (C=O) groups is 1. The zero-order valence-electron chi connectivity index (χ0n) is 13.5. The lowest BCUT2D eigenvalue weighted by atomic mass is 10.1. The summed E-state index contributed by atoms with van der Waals surface area (Å²) in [6.45, 7) is 4.38. The van der Waals surface area contributed by atoms with E-state index in [1.165, 1.54) is 11.0 Å². The maximum Gasteiger partial charge on any atom is 0.253 e. The first-order chi connectivity index (χ1) is 10.5. The highest BCUT2D eigenvalue weighted by Gasteiger charge is 2.19. The lowest BCUT2D eigenvalue weighted by Crippen LogP contribution is -2.44. The van der Waals surface area contributed by atoms with E-state index >= 15 is 0 Å². The summed E-state index contributed by atoms with van der Waals surface area (Å²) in [7, 11) is 5.34. The van der Waals surface area contributed by atoms with Gasteiger partial charge in [-0.25, -0.2) is 4.39 Å². The zero-order valence-corrected chi connectivity index (χ0v) is 13.5. The van der Waals surface area contributed by atoms with E-state index in [1.54, 1.807) is 26.3 Å². The van der Waals surface area contributed by atoms with Gasteiger partial charge in [0.1, 0.15) is 5.82 Å². The topological polar surface area (TPSA) is 36.0 Å². The number of piperazine rings is 1. The largest absolute Gasteiger partial charge is 0.383 e. The molecular weight excluding hydrogens is 285 g/mol. The number of halogens is 1. The van der Waals surface area contributed by atoms with Crippen LogP contribution in [0.1, 0.15) is 10.4 Å². The highest BCUT2D eigenvalue weighted by Crippen LogP contribution is 2.22. The minimum absolute atomic E-state index is 0.194. The minimum atomic E-state index is -0.337. The minimum Gasteiger partial charge on any atom is -0.383 e. The monoisotopic (exact) mass is 309 g/mol. The van der Waals surface area contributed by atoms with Crippen LogP contribution in [0.25, 0.3) is 0 Å². The molecule has 0 bridgehead atoms. The first-order valence-corrected chi connectivity index (χ1v) is 7.50. The fourth-order valence-corrected chi connectivity index (χ4v) is 2.49. The van der Waals surface area contributed by atoms with Crippen molar-refractivity contribution < 1.29 is 13.9 Å². The third-order valence-corrected chi connectivity index (χ3v) is 4.02. The fraction of sp³-hybridized carbons (Fsp3) is 0.562. The number of hydrogen-bond donors (Lipinski definition) is 0. The van der Waals surface area contributed by atoms with Gasteiger partial charge in [0, 0.05) is 52.4 Å². The number of anilines is 1. The van der Waals surface area contributed by atoms with Crippen LogP contribution in [0.3, 0.4) is 0 Å². The smallest absolute Gasteiger partial charge is 0.253 e. The van der Waals surface area contributed by atoms with Crippen LogP contribution in [-0.2, 0) is 4.74 Å².